The van der Waals surface area contributed by atoms with E-state index in [0.717, 1.165) is 41.7 Å². The highest BCUT2D eigenvalue weighted by Gasteiger charge is 2.16. The summed E-state index contributed by atoms with van der Waals surface area (Å²) in [5.41, 5.74) is 2.02. The number of nitrogens with one attached hydrogen (secondary N) is 3. The lowest BCUT2D eigenvalue weighted by Gasteiger charge is -2.13. The number of benzene rings is 1. The van der Waals surface area contributed by atoms with Gasteiger partial charge in [-0.2, -0.15) is 0 Å². The maximum Gasteiger partial charge on any atom is 0.221 e. The summed E-state index contributed by atoms with van der Waals surface area (Å²) in [7, 11) is 0. The molecule has 2 aromatic rings. The number of guanidine groups is 1. The fraction of sp³-hybridized carbons (Fsp3) is 0.524. The lowest BCUT2D eigenvalue weighted by molar-refractivity contribution is -0.121. The maximum absolute atomic E-state index is 12.0. The normalized spacial score (nSPS) is 15.3. The molecule has 0 saturated heterocycles. The van der Waals surface area contributed by atoms with Gasteiger partial charge in [0.05, 0.1) is 0 Å². The number of aliphatic imine (C=N–C) groups is 1. The zero-order chi connectivity index (χ0) is 19.1. The third-order valence-corrected chi connectivity index (χ3v) is 5.03. The van der Waals surface area contributed by atoms with Gasteiger partial charge in [0.25, 0.3) is 0 Å². The highest BCUT2D eigenvalue weighted by atomic mass is 16.3. The molecule has 27 heavy (non-hydrogen) atoms. The molecule has 6 heteroatoms. The van der Waals surface area contributed by atoms with Crippen molar-refractivity contribution in [3.63, 3.8) is 0 Å². The molecule has 1 aliphatic rings. The largest absolute Gasteiger partial charge is 0.459 e. The molecule has 1 heterocycles. The summed E-state index contributed by atoms with van der Waals surface area (Å²) in [6.45, 7) is 5.87. The molecule has 0 radical (unpaired) electrons. The molecule has 6 nitrogen and oxygen atoms in total. The summed E-state index contributed by atoms with van der Waals surface area (Å²) in [6, 6.07) is 8.40. The highest BCUT2D eigenvalue weighted by Crippen LogP contribution is 2.25. The van der Waals surface area contributed by atoms with E-state index in [9.17, 15) is 4.79 Å². The molecule has 0 spiro atoms. The Morgan fingerprint density at radius 3 is 2.74 bits per heavy atom. The molecule has 1 saturated carbocycles. The van der Waals surface area contributed by atoms with E-state index in [1.165, 1.54) is 12.8 Å². The number of rotatable bonds is 7. The van der Waals surface area contributed by atoms with Gasteiger partial charge >= 0.3 is 0 Å². The van der Waals surface area contributed by atoms with E-state index in [4.69, 9.17) is 4.42 Å². The molecule has 1 aliphatic carbocycles. The van der Waals surface area contributed by atoms with Crippen molar-refractivity contribution in [3.8, 4) is 0 Å². The predicted molar refractivity (Wildman–Crippen MR) is 109 cm³/mol. The molecular weight excluding hydrogens is 340 g/mol. The molecule has 1 aromatic carbocycles. The van der Waals surface area contributed by atoms with E-state index < -0.39 is 0 Å². The fourth-order valence-corrected chi connectivity index (χ4v) is 3.53. The van der Waals surface area contributed by atoms with Crippen LogP contribution in [0.5, 0.6) is 0 Å². The van der Waals surface area contributed by atoms with Crippen molar-refractivity contribution >= 4 is 22.8 Å². The minimum atomic E-state index is 0.110. The van der Waals surface area contributed by atoms with Crippen molar-refractivity contribution in [2.24, 2.45) is 4.99 Å². The Bertz CT molecular complexity index is 791. The van der Waals surface area contributed by atoms with Crippen LogP contribution in [0.15, 0.2) is 33.7 Å². The molecule has 146 valence electrons. The van der Waals surface area contributed by atoms with E-state index in [0.29, 0.717) is 31.5 Å². The summed E-state index contributed by atoms with van der Waals surface area (Å²) in [4.78, 5) is 16.6. The van der Waals surface area contributed by atoms with Crippen LogP contribution in [0, 0.1) is 6.92 Å². The molecule has 0 bridgehead atoms. The molecule has 3 N–H and O–H groups in total. The Labute approximate surface area is 160 Å². The number of hydrogen-bond donors (Lipinski definition) is 3. The highest BCUT2D eigenvalue weighted by molar-refractivity contribution is 5.83. The Balaban J connectivity index is 1.52. The van der Waals surface area contributed by atoms with Crippen LogP contribution >= 0.6 is 0 Å². The zero-order valence-corrected chi connectivity index (χ0v) is 16.3. The molecule has 0 unspecified atom stereocenters. The van der Waals surface area contributed by atoms with Gasteiger partial charge in [0, 0.05) is 36.5 Å². The van der Waals surface area contributed by atoms with Crippen LogP contribution in [0.2, 0.25) is 0 Å². The fourth-order valence-electron chi connectivity index (χ4n) is 3.53. The monoisotopic (exact) mass is 370 g/mol. The lowest BCUT2D eigenvalue weighted by atomic mass is 10.1. The van der Waals surface area contributed by atoms with Crippen LogP contribution in [-0.4, -0.2) is 31.0 Å². The van der Waals surface area contributed by atoms with Gasteiger partial charge in [-0.05, 0) is 32.8 Å². The molecule has 3 rings (SSSR count). The first-order valence-electron chi connectivity index (χ1n) is 9.96. The number of amides is 1. The predicted octanol–water partition coefficient (Wildman–Crippen LogP) is 3.25. The molecule has 1 fully saturated rings. The van der Waals surface area contributed by atoms with Crippen molar-refractivity contribution < 1.29 is 9.21 Å². The average molecular weight is 370 g/mol. The first kappa shape index (κ1) is 19.3. The van der Waals surface area contributed by atoms with Crippen molar-refractivity contribution in [1.29, 1.82) is 0 Å². The molecule has 1 amide bonds. The van der Waals surface area contributed by atoms with E-state index in [-0.39, 0.29) is 5.91 Å². The summed E-state index contributed by atoms with van der Waals surface area (Å²) >= 11 is 0. The quantitative estimate of drug-likeness (QED) is 0.516. The first-order chi connectivity index (χ1) is 13.2. The molecule has 0 atom stereocenters. The molecular formula is C21H30N4O2. The average Bonchev–Trinajstić information content (AvgIpc) is 3.28. The van der Waals surface area contributed by atoms with E-state index >= 15 is 0 Å². The van der Waals surface area contributed by atoms with Crippen LogP contribution < -0.4 is 16.0 Å². The number of furan rings is 1. The number of aryl methyl sites for hydroxylation is 1. The minimum Gasteiger partial charge on any atom is -0.459 e. The Hall–Kier alpha value is -2.50. The summed E-state index contributed by atoms with van der Waals surface area (Å²) in [6.07, 6.45) is 5.12. The van der Waals surface area contributed by atoms with Gasteiger partial charge in [0.2, 0.25) is 5.91 Å². The van der Waals surface area contributed by atoms with Gasteiger partial charge in [-0.3, -0.25) is 4.79 Å². The van der Waals surface area contributed by atoms with Gasteiger partial charge in [0.15, 0.2) is 5.96 Å². The topological polar surface area (TPSA) is 78.7 Å². The smallest absolute Gasteiger partial charge is 0.221 e. The van der Waals surface area contributed by atoms with Crippen LogP contribution in [0.25, 0.3) is 11.0 Å². The van der Waals surface area contributed by atoms with Crippen molar-refractivity contribution in [2.45, 2.75) is 58.5 Å². The first-order valence-corrected chi connectivity index (χ1v) is 9.96. The number of para-hydroxylation sites is 1. The third kappa shape index (κ3) is 5.25. The van der Waals surface area contributed by atoms with E-state index in [1.54, 1.807) is 0 Å². The summed E-state index contributed by atoms with van der Waals surface area (Å²) < 4.78 is 5.92. The van der Waals surface area contributed by atoms with Gasteiger partial charge in [-0.25, -0.2) is 4.99 Å². The number of fused-ring (bicyclic) bond motifs is 1. The lowest BCUT2D eigenvalue weighted by Crippen LogP contribution is -2.40. The van der Waals surface area contributed by atoms with Crippen LogP contribution in [0.4, 0.5) is 0 Å². The van der Waals surface area contributed by atoms with Crippen LogP contribution in [0.1, 0.15) is 50.4 Å². The Morgan fingerprint density at radius 2 is 2.00 bits per heavy atom. The van der Waals surface area contributed by atoms with Gasteiger partial charge < -0.3 is 20.4 Å². The second-order valence-corrected chi connectivity index (χ2v) is 7.07. The second kappa shape index (κ2) is 9.44. The number of carbonyl (C=O) groups is 1. The van der Waals surface area contributed by atoms with Crippen molar-refractivity contribution in [3.05, 3.63) is 35.6 Å². The SMILES string of the molecule is CCNC(=NCc1oc2ccccc2c1C)NCCC(=O)NC1CCCC1. The second-order valence-electron chi connectivity index (χ2n) is 7.07. The molecule has 0 aliphatic heterocycles. The minimum absolute atomic E-state index is 0.110. The standard InChI is InChI=1S/C21H30N4O2/c1-3-22-21(23-13-12-20(26)25-16-8-4-5-9-16)24-14-19-15(2)17-10-6-7-11-18(17)27-19/h6-7,10-11,16H,3-5,8-9,12-14H2,1-2H3,(H,25,26)(H2,22,23,24). The van der Waals surface area contributed by atoms with E-state index in [2.05, 4.69) is 33.9 Å². The summed E-state index contributed by atoms with van der Waals surface area (Å²) in [5, 5.41) is 10.7. The van der Waals surface area contributed by atoms with Crippen LogP contribution in [0.3, 0.4) is 0 Å². The maximum atomic E-state index is 12.0. The number of carbonyl (C=O) groups excluding carboxylic acids is 1. The van der Waals surface area contributed by atoms with Crippen LogP contribution in [-0.2, 0) is 11.3 Å². The Morgan fingerprint density at radius 1 is 1.22 bits per heavy atom. The number of hydrogen-bond acceptors (Lipinski definition) is 3. The summed E-state index contributed by atoms with van der Waals surface area (Å²) in [5.74, 6) is 1.68. The number of nitrogens with zero attached hydrogens (tertiary/aromatic N) is 1. The van der Waals surface area contributed by atoms with Crippen molar-refractivity contribution in [1.82, 2.24) is 16.0 Å². The molecule has 1 aromatic heterocycles. The van der Waals surface area contributed by atoms with Gasteiger partial charge in [-0.15, -0.1) is 0 Å². The van der Waals surface area contributed by atoms with Gasteiger partial charge in [-0.1, -0.05) is 31.0 Å². The van der Waals surface area contributed by atoms with Gasteiger partial charge in [0.1, 0.15) is 17.9 Å². The Kier molecular flexibility index (Phi) is 6.74. The third-order valence-electron chi connectivity index (χ3n) is 5.03. The van der Waals surface area contributed by atoms with E-state index in [1.807, 2.05) is 25.1 Å². The van der Waals surface area contributed by atoms with Crippen molar-refractivity contribution in [2.75, 3.05) is 13.1 Å². The zero-order valence-electron chi connectivity index (χ0n) is 16.3.